The Bertz CT molecular complexity index is 5480. The van der Waals surface area contributed by atoms with E-state index in [0.29, 0.717) is 0 Å². The maximum absolute atomic E-state index is 14.3. The van der Waals surface area contributed by atoms with Gasteiger partial charge in [0.25, 0.3) is 17.4 Å². The highest BCUT2D eigenvalue weighted by atomic mass is 32.2. The second-order valence-corrected chi connectivity index (χ2v) is 31.9. The van der Waals surface area contributed by atoms with Crippen molar-refractivity contribution in [2.45, 2.75) is 74.0 Å². The fourth-order valence-corrected chi connectivity index (χ4v) is 16.2. The van der Waals surface area contributed by atoms with Crippen molar-refractivity contribution in [2.24, 2.45) is 10.2 Å². The number of carbonyl (C=O) groups excluding carboxylic acids is 5. The number of phosphoric ester groups is 1. The monoisotopic (exact) mass is 1750 g/mol. The van der Waals surface area contributed by atoms with Crippen molar-refractivity contribution < 1.29 is 139 Å². The Morgan fingerprint density at radius 3 is 2.31 bits per heavy atom. The summed E-state index contributed by atoms with van der Waals surface area (Å²) < 4.78 is 170. The molecule has 14 N–H and O–H groups in total. The molecule has 47 nitrogen and oxygen atoms in total. The van der Waals surface area contributed by atoms with Crippen molar-refractivity contribution >= 4 is 107 Å². The van der Waals surface area contributed by atoms with E-state index in [1.807, 2.05) is 0 Å². The summed E-state index contributed by atoms with van der Waals surface area (Å²) in [6.45, 7) is 1.65. The van der Waals surface area contributed by atoms with Gasteiger partial charge in [0.15, 0.2) is 23.2 Å². The number of fused-ring (bicyclic) bond motifs is 3. The van der Waals surface area contributed by atoms with Gasteiger partial charge in [-0.15, -0.1) is 0 Å². The van der Waals surface area contributed by atoms with E-state index in [2.05, 4.69) is 82.1 Å². The molecule has 8 rings (SSSR count). The normalized spacial score (nSPS) is 15.7. The van der Waals surface area contributed by atoms with Crippen molar-refractivity contribution in [2.75, 3.05) is 130 Å². The number of nitrogens with one attached hydrogen (secondary N) is 7. The minimum absolute atomic E-state index is 0.000556. The minimum atomic E-state index is -5.87. The molecule has 0 bridgehead atoms. The zero-order chi connectivity index (χ0) is 86.0. The molecule has 1 aliphatic carbocycles. The standard InChI is InChI=1S/C66H82N17O30P3S2/c1-4-70-47-19-17-45-57(46-18-20-48(71-5-2)61(118(100,101)102)59(46)111-58(45)60(47)117(97,98)99)43-14-6-7-15-44(43)65(89)82(3)26-10-16-51(84)74-25-28-104-30-29-103-27-21-52(85)73-23-24-75-63(87)40-11-8-13-42(33-40)107-38-54(79-81-69)106-32-31-105-37-53(86)72-22-9-12-41-35-83(62-56(41)64(88)78-66(67)77-62)55-34-49(108-39-76-80-68)50(110-55)36-109-115(93,94)113-116(95,96)112-114(90,91)92/h6-8,11,13-15,17-20,33,35,49-50,54-55,70H,4-5,10,16,21-32,34,36-39H2,1-3H3,(H,72,86)(H,73,85)(H,74,84)(H,75,87)(H,93,94)(H,95,96)(H2,90,91,92)(H,97,98,99)(H,100,101,102)(H3,67,77,78,88). The van der Waals surface area contributed by atoms with Gasteiger partial charge in [-0.1, -0.05) is 46.3 Å². The zero-order valence-corrected chi connectivity index (χ0v) is 67.2. The van der Waals surface area contributed by atoms with Crippen LogP contribution in [-0.4, -0.2) is 232 Å². The summed E-state index contributed by atoms with van der Waals surface area (Å²) >= 11 is 0. The third-order valence-corrected chi connectivity index (χ3v) is 22.1. The van der Waals surface area contributed by atoms with Crippen molar-refractivity contribution in [1.82, 2.24) is 40.7 Å². The summed E-state index contributed by atoms with van der Waals surface area (Å²) in [5.41, 5.74) is 23.0. The molecule has 1 saturated heterocycles. The first kappa shape index (κ1) is 93.2. The summed E-state index contributed by atoms with van der Waals surface area (Å²) in [5, 5.41) is 20.1. The van der Waals surface area contributed by atoms with E-state index in [1.165, 1.54) is 71.2 Å². The van der Waals surface area contributed by atoms with Gasteiger partial charge in [0.05, 0.1) is 75.5 Å². The maximum Gasteiger partial charge on any atom is 0.490 e. The molecule has 3 aromatic carbocycles. The highest BCUT2D eigenvalue weighted by Crippen LogP contribution is 2.66. The second-order valence-electron chi connectivity index (χ2n) is 24.8. The molecule has 3 aliphatic rings. The lowest BCUT2D eigenvalue weighted by atomic mass is 9.90. The number of H-pyrrole nitrogens is 1. The zero-order valence-electron chi connectivity index (χ0n) is 62.9. The fourth-order valence-electron chi connectivity index (χ4n) is 11.6. The molecule has 2 aliphatic heterocycles. The SMILES string of the molecule is CCNc1ccc2c(-c3ccccc3C(=O)N(C)CCCC(=O)NCCOCCOCCC(=O)NCCNC(=O)c3cccc(OCC(N=[N+]=[N-])OCCOCC(=O)NCC#Cc4cn(C5CC(OCN=[N+]=[N-])C(COP(=O)(O)OP(=O)(O)OP(=O)(O)O)O5)c5nc(N)[nH]c(=O)c45)c3)c3ccc(=[NH+]CC)c(S(=O)(=O)O)c-3oc2c1S(=O)(=O)[O-]. The number of hydrogen-bond acceptors (Lipinski definition) is 30. The van der Waals surface area contributed by atoms with Gasteiger partial charge < -0.3 is 103 Å². The molecule has 0 saturated carbocycles. The molecule has 638 valence electrons. The molecule has 52 heteroatoms. The summed E-state index contributed by atoms with van der Waals surface area (Å²) in [6.07, 6.45) is -3.44. The van der Waals surface area contributed by atoms with Crippen molar-refractivity contribution in [3.05, 3.63) is 132 Å². The number of carbonyl (C=O) groups is 5. The molecule has 6 atom stereocenters. The number of azide groups is 2. The molecule has 5 aromatic rings. The van der Waals surface area contributed by atoms with Crippen LogP contribution in [0.2, 0.25) is 0 Å². The van der Waals surface area contributed by atoms with Gasteiger partial charge in [-0.2, -0.15) is 22.0 Å². The molecule has 4 heterocycles. The van der Waals surface area contributed by atoms with Gasteiger partial charge >= 0.3 is 33.6 Å². The van der Waals surface area contributed by atoms with E-state index in [-0.39, 0.29) is 202 Å². The molecule has 0 spiro atoms. The van der Waals surface area contributed by atoms with E-state index in [0.717, 1.165) is 0 Å². The van der Waals surface area contributed by atoms with Crippen LogP contribution < -0.4 is 53.0 Å². The molecular formula is C66H82N17O30P3S2. The number of phosphoric acid groups is 3. The molecule has 6 unspecified atom stereocenters. The van der Waals surface area contributed by atoms with Crippen LogP contribution in [0.4, 0.5) is 11.6 Å². The number of nitrogen functional groups attached to an aromatic ring is 1. The van der Waals surface area contributed by atoms with Crippen LogP contribution in [0.3, 0.4) is 0 Å². The number of nitrogens with two attached hydrogens (primary N) is 1. The fraction of sp³-hybridized carbons (Fsp3) is 0.424. The summed E-state index contributed by atoms with van der Waals surface area (Å²) in [6, 6.07) is 18.0. The maximum atomic E-state index is 14.3. The molecular weight excluding hydrogens is 1670 g/mol. The molecule has 1 fully saturated rings. The quantitative estimate of drug-likeness (QED) is 0.00378. The van der Waals surface area contributed by atoms with Crippen molar-refractivity contribution in [3.63, 3.8) is 0 Å². The third-order valence-electron chi connectivity index (χ3n) is 16.5. The number of hydrogen-bond donors (Lipinski definition) is 13. The Balaban J connectivity index is 0.684. The summed E-state index contributed by atoms with van der Waals surface area (Å²) in [5.74, 6) is 2.49. The number of benzene rings is 4. The Labute approximate surface area is 670 Å². The largest absolute Gasteiger partial charge is 0.744 e. The van der Waals surface area contributed by atoms with E-state index in [1.54, 1.807) is 38.1 Å². The number of amides is 5. The number of rotatable bonds is 46. The number of aromatic nitrogens is 3. The van der Waals surface area contributed by atoms with Gasteiger partial charge in [-0.25, -0.2) is 27.1 Å². The lowest BCUT2D eigenvalue weighted by Gasteiger charge is -2.23. The predicted octanol–water partition coefficient (Wildman–Crippen LogP) is 1.85. The molecule has 0 radical (unpaired) electrons. The first-order valence-corrected chi connectivity index (χ1v) is 42.7. The Hall–Kier alpha value is -10.3. The summed E-state index contributed by atoms with van der Waals surface area (Å²) in [4.78, 5) is 130. The number of ether oxygens (including phenoxy) is 7. The van der Waals surface area contributed by atoms with E-state index in [9.17, 15) is 78.2 Å². The van der Waals surface area contributed by atoms with Gasteiger partial charge in [0, 0.05) is 109 Å². The first-order valence-electron chi connectivity index (χ1n) is 35.4. The van der Waals surface area contributed by atoms with Crippen LogP contribution in [0, 0.1) is 11.8 Å². The van der Waals surface area contributed by atoms with Crippen LogP contribution in [-0.2, 0) is 89.9 Å². The Morgan fingerprint density at radius 1 is 0.856 bits per heavy atom. The van der Waals surface area contributed by atoms with Crippen molar-refractivity contribution in [1.29, 1.82) is 0 Å². The lowest BCUT2D eigenvalue weighted by molar-refractivity contribution is -0.498. The van der Waals surface area contributed by atoms with Crippen LogP contribution in [0.25, 0.3) is 65.3 Å². The smallest absolute Gasteiger partial charge is 0.490 e. The van der Waals surface area contributed by atoms with Gasteiger partial charge in [0.2, 0.25) is 33.9 Å². The van der Waals surface area contributed by atoms with Crippen LogP contribution in [0.5, 0.6) is 5.75 Å². The summed E-state index contributed by atoms with van der Waals surface area (Å²) in [7, 11) is -26.1. The highest BCUT2D eigenvalue weighted by molar-refractivity contribution is 7.86. The van der Waals surface area contributed by atoms with E-state index < -0.39 is 133 Å². The number of aromatic amines is 1. The number of nitrogens with zero attached hydrogens (tertiary/aromatic N) is 9. The predicted molar refractivity (Wildman–Crippen MR) is 409 cm³/mol. The topological polar surface area (TPSA) is 686 Å². The Kier molecular flexibility index (Phi) is 34.3. The van der Waals surface area contributed by atoms with Crippen molar-refractivity contribution in [3.8, 4) is 40.0 Å². The van der Waals surface area contributed by atoms with Gasteiger partial charge in [-0.3, -0.25) is 42.8 Å². The average molecular weight is 1750 g/mol. The van der Waals surface area contributed by atoms with Crippen LogP contribution in [0.1, 0.15) is 72.0 Å². The average Bonchev–Trinajstić information content (AvgIpc) is 0.874. The second kappa shape index (κ2) is 43.4. The minimum Gasteiger partial charge on any atom is -0.744 e. The van der Waals surface area contributed by atoms with Gasteiger partial charge in [0.1, 0.15) is 59.6 Å². The van der Waals surface area contributed by atoms with E-state index in [4.69, 9.17) is 68.7 Å². The highest BCUT2D eigenvalue weighted by Gasteiger charge is 2.44. The first-order chi connectivity index (χ1) is 56.0. The third kappa shape index (κ3) is 27.4. The number of anilines is 2. The molecule has 2 aromatic heterocycles. The van der Waals surface area contributed by atoms with Gasteiger partial charge in [-0.05, 0) is 79.4 Å². The van der Waals surface area contributed by atoms with Crippen LogP contribution >= 0.6 is 23.5 Å². The lowest BCUT2D eigenvalue weighted by Crippen LogP contribution is -2.76. The van der Waals surface area contributed by atoms with E-state index >= 15 is 0 Å². The molecule has 118 heavy (non-hydrogen) atoms. The van der Waals surface area contributed by atoms with Crippen LogP contribution in [0.15, 0.2) is 108 Å². The molecule has 5 amide bonds. The Morgan fingerprint density at radius 2 is 1.58 bits per heavy atom.